The van der Waals surface area contributed by atoms with Crippen LogP contribution in [0.2, 0.25) is 0 Å². The molecule has 0 saturated carbocycles. The molecule has 0 spiro atoms. The Morgan fingerprint density at radius 3 is 3.00 bits per heavy atom. The van der Waals surface area contributed by atoms with Crippen molar-refractivity contribution in [1.29, 1.82) is 5.26 Å². The van der Waals surface area contributed by atoms with Crippen LogP contribution in [0.5, 0.6) is 5.75 Å². The predicted octanol–water partition coefficient (Wildman–Crippen LogP) is 2.59. The maximum Gasteiger partial charge on any atom is 0.256 e. The van der Waals surface area contributed by atoms with Gasteiger partial charge in [0.1, 0.15) is 11.3 Å². The van der Waals surface area contributed by atoms with Crippen molar-refractivity contribution in [2.75, 3.05) is 18.6 Å². The quantitative estimate of drug-likeness (QED) is 0.918. The average molecular weight is 341 g/mol. The number of rotatable bonds is 3. The van der Waals surface area contributed by atoms with Crippen LogP contribution in [-0.4, -0.2) is 30.1 Å². The number of halogens is 1. The molecule has 100 valence electrons. The molecule has 0 radical (unpaired) electrons. The molecule has 1 N–H and O–H groups in total. The van der Waals surface area contributed by atoms with E-state index in [9.17, 15) is 10.1 Å². The average Bonchev–Trinajstić information content (AvgIpc) is 2.87. The summed E-state index contributed by atoms with van der Waals surface area (Å²) in [6.07, 6.45) is 0.679. The van der Waals surface area contributed by atoms with Crippen LogP contribution >= 0.6 is 27.7 Å². The fourth-order valence-corrected chi connectivity index (χ4v) is 3.52. The van der Waals surface area contributed by atoms with Crippen molar-refractivity contribution in [2.24, 2.45) is 0 Å². The number of benzene rings is 1. The largest absolute Gasteiger partial charge is 0.496 e. The lowest BCUT2D eigenvalue weighted by atomic mass is 10.0. The molecule has 1 fully saturated rings. The number of thioether (sulfide) groups is 1. The molecule has 1 amide bonds. The first kappa shape index (κ1) is 14.2. The van der Waals surface area contributed by atoms with E-state index in [1.54, 1.807) is 30.0 Å². The van der Waals surface area contributed by atoms with Gasteiger partial charge in [0.15, 0.2) is 0 Å². The number of hydrogen-bond acceptors (Lipinski definition) is 4. The van der Waals surface area contributed by atoms with E-state index < -0.39 is 5.54 Å². The van der Waals surface area contributed by atoms with E-state index in [0.29, 0.717) is 23.5 Å². The van der Waals surface area contributed by atoms with Crippen LogP contribution in [0.4, 0.5) is 0 Å². The minimum absolute atomic E-state index is 0.270. The molecule has 1 atom stereocenters. The summed E-state index contributed by atoms with van der Waals surface area (Å²) in [6.45, 7) is 0. The first-order valence-electron chi connectivity index (χ1n) is 5.75. The molecule has 1 aromatic carbocycles. The summed E-state index contributed by atoms with van der Waals surface area (Å²) < 4.78 is 6.04. The number of amides is 1. The molecule has 1 aromatic rings. The third-order valence-corrected chi connectivity index (χ3v) is 4.68. The van der Waals surface area contributed by atoms with Gasteiger partial charge in [0.2, 0.25) is 0 Å². The van der Waals surface area contributed by atoms with Crippen LogP contribution in [0, 0.1) is 11.3 Å². The van der Waals surface area contributed by atoms with Gasteiger partial charge in [0.25, 0.3) is 5.91 Å². The standard InChI is InChI=1S/C13H13BrN2O2S/c1-18-11-6-9(14)2-3-10(11)12(17)16-13(7-15)4-5-19-8-13/h2-3,6H,4-5,8H2,1H3,(H,16,17). The Bertz CT molecular complexity index is 536. The molecule has 0 aliphatic carbocycles. The Labute approximate surface area is 124 Å². The molecular formula is C13H13BrN2O2S. The summed E-state index contributed by atoms with van der Waals surface area (Å²) in [6, 6.07) is 7.42. The van der Waals surface area contributed by atoms with Crippen molar-refractivity contribution in [3.63, 3.8) is 0 Å². The summed E-state index contributed by atoms with van der Waals surface area (Å²) in [5, 5.41) is 12.1. The Kier molecular flexibility index (Phi) is 4.38. The number of nitrogens with one attached hydrogen (secondary N) is 1. The van der Waals surface area contributed by atoms with Gasteiger partial charge in [-0.25, -0.2) is 0 Å². The number of carbonyl (C=O) groups excluding carboxylic acids is 1. The smallest absolute Gasteiger partial charge is 0.256 e. The second-order valence-electron chi connectivity index (χ2n) is 4.30. The van der Waals surface area contributed by atoms with Crippen LogP contribution in [0.1, 0.15) is 16.8 Å². The Hall–Kier alpha value is -1.19. The maximum absolute atomic E-state index is 12.3. The van der Waals surface area contributed by atoms with Gasteiger partial charge < -0.3 is 10.1 Å². The van der Waals surface area contributed by atoms with Crippen LogP contribution in [0.25, 0.3) is 0 Å². The topological polar surface area (TPSA) is 62.1 Å². The fourth-order valence-electron chi connectivity index (χ4n) is 1.92. The van der Waals surface area contributed by atoms with E-state index in [-0.39, 0.29) is 5.91 Å². The molecular weight excluding hydrogens is 328 g/mol. The number of hydrogen-bond donors (Lipinski definition) is 1. The van der Waals surface area contributed by atoms with E-state index in [1.165, 1.54) is 7.11 Å². The zero-order chi connectivity index (χ0) is 13.9. The first-order valence-corrected chi connectivity index (χ1v) is 7.70. The van der Waals surface area contributed by atoms with Gasteiger partial charge in [-0.3, -0.25) is 4.79 Å². The van der Waals surface area contributed by atoms with E-state index in [0.717, 1.165) is 10.2 Å². The first-order chi connectivity index (χ1) is 9.10. The Balaban J connectivity index is 2.23. The van der Waals surface area contributed by atoms with E-state index in [2.05, 4.69) is 27.3 Å². The molecule has 0 aromatic heterocycles. The summed E-state index contributed by atoms with van der Waals surface area (Å²) in [7, 11) is 1.52. The van der Waals surface area contributed by atoms with E-state index in [4.69, 9.17) is 4.74 Å². The van der Waals surface area contributed by atoms with Gasteiger partial charge >= 0.3 is 0 Å². The number of methoxy groups -OCH3 is 1. The molecule has 1 saturated heterocycles. The zero-order valence-electron chi connectivity index (χ0n) is 10.4. The minimum Gasteiger partial charge on any atom is -0.496 e. The van der Waals surface area contributed by atoms with Gasteiger partial charge in [0, 0.05) is 10.2 Å². The van der Waals surface area contributed by atoms with Crippen molar-refractivity contribution >= 4 is 33.6 Å². The van der Waals surface area contributed by atoms with Gasteiger partial charge in [-0.2, -0.15) is 17.0 Å². The molecule has 1 aliphatic heterocycles. The second-order valence-corrected chi connectivity index (χ2v) is 6.32. The van der Waals surface area contributed by atoms with Gasteiger partial charge in [-0.15, -0.1) is 0 Å². The molecule has 1 unspecified atom stereocenters. The number of ether oxygens (including phenoxy) is 1. The van der Waals surface area contributed by atoms with Crippen molar-refractivity contribution < 1.29 is 9.53 Å². The third-order valence-electron chi connectivity index (χ3n) is 3.00. The molecule has 19 heavy (non-hydrogen) atoms. The van der Waals surface area contributed by atoms with E-state index >= 15 is 0 Å². The highest BCUT2D eigenvalue weighted by atomic mass is 79.9. The highest BCUT2D eigenvalue weighted by Crippen LogP contribution is 2.29. The third kappa shape index (κ3) is 3.04. The second kappa shape index (κ2) is 5.85. The number of carbonyl (C=O) groups is 1. The number of nitriles is 1. The van der Waals surface area contributed by atoms with Crippen LogP contribution in [0.3, 0.4) is 0 Å². The van der Waals surface area contributed by atoms with Crippen molar-refractivity contribution in [3.05, 3.63) is 28.2 Å². The SMILES string of the molecule is COc1cc(Br)ccc1C(=O)NC1(C#N)CCSC1. The summed E-state index contributed by atoms with van der Waals surface area (Å²) in [5.74, 6) is 1.75. The highest BCUT2D eigenvalue weighted by Gasteiger charge is 2.36. The summed E-state index contributed by atoms with van der Waals surface area (Å²) in [4.78, 5) is 12.3. The lowest BCUT2D eigenvalue weighted by molar-refractivity contribution is 0.0923. The molecule has 2 rings (SSSR count). The molecule has 0 bridgehead atoms. The normalized spacial score (nSPS) is 21.7. The minimum atomic E-state index is -0.750. The zero-order valence-corrected chi connectivity index (χ0v) is 12.8. The predicted molar refractivity (Wildman–Crippen MR) is 78.4 cm³/mol. The summed E-state index contributed by atoms with van der Waals surface area (Å²) >= 11 is 5.01. The van der Waals surface area contributed by atoms with Crippen molar-refractivity contribution in [3.8, 4) is 11.8 Å². The van der Waals surface area contributed by atoms with Gasteiger partial charge in [-0.1, -0.05) is 15.9 Å². The van der Waals surface area contributed by atoms with Crippen LogP contribution in [-0.2, 0) is 0 Å². The maximum atomic E-state index is 12.3. The van der Waals surface area contributed by atoms with Gasteiger partial charge in [0.05, 0.1) is 18.7 Å². The van der Waals surface area contributed by atoms with Crippen molar-refractivity contribution in [2.45, 2.75) is 12.0 Å². The van der Waals surface area contributed by atoms with E-state index in [1.807, 2.05) is 0 Å². The molecule has 6 heteroatoms. The number of nitrogens with zero attached hydrogens (tertiary/aromatic N) is 1. The Morgan fingerprint density at radius 2 is 2.42 bits per heavy atom. The fraction of sp³-hybridized carbons (Fsp3) is 0.385. The van der Waals surface area contributed by atoms with Crippen molar-refractivity contribution in [1.82, 2.24) is 5.32 Å². The monoisotopic (exact) mass is 340 g/mol. The van der Waals surface area contributed by atoms with Crippen LogP contribution < -0.4 is 10.1 Å². The molecule has 4 nitrogen and oxygen atoms in total. The van der Waals surface area contributed by atoms with Gasteiger partial charge in [-0.05, 0) is 30.4 Å². The lowest BCUT2D eigenvalue weighted by Gasteiger charge is -2.21. The molecule has 1 heterocycles. The highest BCUT2D eigenvalue weighted by molar-refractivity contribution is 9.10. The molecule has 1 aliphatic rings. The lowest BCUT2D eigenvalue weighted by Crippen LogP contribution is -2.47. The van der Waals surface area contributed by atoms with Crippen LogP contribution in [0.15, 0.2) is 22.7 Å². The summed E-state index contributed by atoms with van der Waals surface area (Å²) in [5.41, 5.74) is -0.308. The Morgan fingerprint density at radius 1 is 1.63 bits per heavy atom.